The minimum atomic E-state index is -1.07. The maximum absolute atomic E-state index is 11.2. The van der Waals surface area contributed by atoms with Crippen LogP contribution < -0.4 is 0 Å². The summed E-state index contributed by atoms with van der Waals surface area (Å²) in [6.45, 7) is 4.83. The Morgan fingerprint density at radius 1 is 1.45 bits per heavy atom. The zero-order chi connectivity index (χ0) is 15.9. The van der Waals surface area contributed by atoms with E-state index in [0.29, 0.717) is 17.0 Å². The largest absolute Gasteiger partial charge is 0.478 e. The fraction of sp³-hybridized carbons (Fsp3) is 0.533. The second-order valence-electron chi connectivity index (χ2n) is 6.00. The number of hydrogen-bond donors (Lipinski definition) is 1. The van der Waals surface area contributed by atoms with E-state index in [0.717, 1.165) is 38.2 Å². The summed E-state index contributed by atoms with van der Waals surface area (Å²) >= 11 is 6.24. The lowest BCUT2D eigenvalue weighted by atomic mass is 9.97. The topological polar surface area (TPSA) is 71.2 Å². The van der Waals surface area contributed by atoms with Gasteiger partial charge in [-0.1, -0.05) is 11.6 Å². The van der Waals surface area contributed by atoms with Gasteiger partial charge < -0.3 is 10.0 Å². The van der Waals surface area contributed by atoms with Crippen LogP contribution in [0.25, 0.3) is 11.0 Å². The molecule has 3 rings (SSSR count). The van der Waals surface area contributed by atoms with E-state index in [9.17, 15) is 4.79 Å². The molecule has 0 aromatic carbocycles. The third-order valence-electron chi connectivity index (χ3n) is 4.37. The summed E-state index contributed by atoms with van der Waals surface area (Å²) in [6, 6.07) is 0. The lowest BCUT2D eigenvalue weighted by molar-refractivity contribution is 0.0697. The van der Waals surface area contributed by atoms with Crippen molar-refractivity contribution in [1.29, 1.82) is 0 Å². The Labute approximate surface area is 133 Å². The second kappa shape index (κ2) is 5.85. The van der Waals surface area contributed by atoms with Gasteiger partial charge >= 0.3 is 5.97 Å². The fourth-order valence-corrected chi connectivity index (χ4v) is 3.39. The van der Waals surface area contributed by atoms with E-state index in [-0.39, 0.29) is 10.6 Å². The third kappa shape index (κ3) is 2.68. The first kappa shape index (κ1) is 15.2. The van der Waals surface area contributed by atoms with Gasteiger partial charge in [0.15, 0.2) is 5.65 Å². The van der Waals surface area contributed by atoms with Crippen LogP contribution in [0.4, 0.5) is 0 Å². The molecule has 2 aromatic rings. The Morgan fingerprint density at radius 3 is 2.77 bits per heavy atom. The molecular weight excluding hydrogens is 304 g/mol. The van der Waals surface area contributed by atoms with Crippen LogP contribution in [-0.4, -0.2) is 50.9 Å². The molecule has 0 unspecified atom stereocenters. The first-order valence-electron chi connectivity index (χ1n) is 7.41. The minimum absolute atomic E-state index is 0.0242. The Hall–Kier alpha value is -1.66. The molecule has 0 spiro atoms. The second-order valence-corrected chi connectivity index (χ2v) is 6.38. The number of likely N-dealkylation sites (tertiary alicyclic amines) is 1. The van der Waals surface area contributed by atoms with Crippen molar-refractivity contribution < 1.29 is 9.90 Å². The van der Waals surface area contributed by atoms with Crippen LogP contribution in [0.15, 0.2) is 6.20 Å². The van der Waals surface area contributed by atoms with Crippen molar-refractivity contribution in [1.82, 2.24) is 19.7 Å². The quantitative estimate of drug-likeness (QED) is 0.939. The molecule has 1 N–H and O–H groups in total. The Kier molecular flexibility index (Phi) is 4.06. The molecule has 118 valence electrons. The molecule has 2 aromatic heterocycles. The van der Waals surface area contributed by atoms with Gasteiger partial charge in [-0.05, 0) is 45.8 Å². The van der Waals surface area contributed by atoms with Crippen LogP contribution in [0.1, 0.15) is 28.9 Å². The number of aromatic carboxylic acids is 1. The van der Waals surface area contributed by atoms with Crippen molar-refractivity contribution in [2.24, 2.45) is 5.92 Å². The molecule has 0 aliphatic carbocycles. The number of aryl methyl sites for hydroxylation is 1. The van der Waals surface area contributed by atoms with E-state index in [2.05, 4.69) is 22.0 Å². The van der Waals surface area contributed by atoms with E-state index < -0.39 is 5.97 Å². The van der Waals surface area contributed by atoms with Crippen molar-refractivity contribution in [3.8, 4) is 0 Å². The zero-order valence-corrected chi connectivity index (χ0v) is 13.5. The smallest absolute Gasteiger partial charge is 0.338 e. The lowest BCUT2D eigenvalue weighted by Crippen LogP contribution is -2.32. The lowest BCUT2D eigenvalue weighted by Gasteiger charge is -2.28. The van der Waals surface area contributed by atoms with Crippen LogP contribution in [0.3, 0.4) is 0 Å². The summed E-state index contributed by atoms with van der Waals surface area (Å²) in [5.41, 5.74) is 1.42. The van der Waals surface area contributed by atoms with E-state index in [1.807, 2.05) is 11.6 Å². The molecule has 6 nitrogen and oxygen atoms in total. The van der Waals surface area contributed by atoms with E-state index in [4.69, 9.17) is 16.7 Å². The van der Waals surface area contributed by atoms with Crippen LogP contribution in [-0.2, 0) is 6.54 Å². The summed E-state index contributed by atoms with van der Waals surface area (Å²) in [6.07, 6.45) is 3.59. The molecule has 1 saturated heterocycles. The number of pyridine rings is 1. The molecule has 0 saturated carbocycles. The predicted octanol–water partition coefficient (Wildman–Crippen LogP) is 2.43. The van der Waals surface area contributed by atoms with Gasteiger partial charge in [-0.15, -0.1) is 0 Å². The van der Waals surface area contributed by atoms with Gasteiger partial charge in [-0.3, -0.25) is 0 Å². The van der Waals surface area contributed by atoms with Crippen molar-refractivity contribution in [3.63, 3.8) is 0 Å². The average molecular weight is 323 g/mol. The van der Waals surface area contributed by atoms with Gasteiger partial charge in [-0.25, -0.2) is 14.5 Å². The number of aromatic nitrogens is 3. The number of piperidine rings is 1. The van der Waals surface area contributed by atoms with Gasteiger partial charge in [0.1, 0.15) is 0 Å². The Bertz CT molecular complexity index is 720. The first-order chi connectivity index (χ1) is 10.5. The number of carbonyl (C=O) groups is 1. The van der Waals surface area contributed by atoms with Crippen LogP contribution in [0.5, 0.6) is 0 Å². The van der Waals surface area contributed by atoms with E-state index in [1.54, 1.807) is 0 Å². The molecular formula is C15H19ClN4O2. The molecule has 7 heteroatoms. The van der Waals surface area contributed by atoms with Gasteiger partial charge in [-0.2, -0.15) is 5.10 Å². The molecule has 1 aliphatic rings. The normalized spacial score (nSPS) is 17.2. The highest BCUT2D eigenvalue weighted by Crippen LogP contribution is 2.29. The fourth-order valence-electron chi connectivity index (χ4n) is 3.04. The first-order valence-corrected chi connectivity index (χ1v) is 7.78. The highest BCUT2D eigenvalue weighted by atomic mass is 35.5. The molecule has 0 bridgehead atoms. The monoisotopic (exact) mass is 322 g/mol. The van der Waals surface area contributed by atoms with E-state index in [1.165, 1.54) is 6.20 Å². The van der Waals surface area contributed by atoms with Gasteiger partial charge in [0.05, 0.1) is 21.7 Å². The summed E-state index contributed by atoms with van der Waals surface area (Å²) in [4.78, 5) is 17.8. The van der Waals surface area contributed by atoms with Gasteiger partial charge in [0, 0.05) is 12.7 Å². The van der Waals surface area contributed by atoms with Crippen molar-refractivity contribution in [3.05, 3.63) is 22.5 Å². The Morgan fingerprint density at radius 2 is 2.14 bits per heavy atom. The number of carboxylic acids is 1. The molecule has 0 atom stereocenters. The highest BCUT2D eigenvalue weighted by molar-refractivity contribution is 6.38. The number of rotatable bonds is 3. The van der Waals surface area contributed by atoms with Crippen LogP contribution in [0, 0.1) is 12.8 Å². The number of carboxylic acid groups (broad SMARTS) is 1. The van der Waals surface area contributed by atoms with E-state index >= 15 is 0 Å². The predicted molar refractivity (Wildman–Crippen MR) is 84.5 cm³/mol. The zero-order valence-electron chi connectivity index (χ0n) is 12.7. The number of fused-ring (bicyclic) bond motifs is 1. The summed E-state index contributed by atoms with van der Waals surface area (Å²) in [7, 11) is 2.14. The van der Waals surface area contributed by atoms with Crippen molar-refractivity contribution in [2.75, 3.05) is 20.1 Å². The average Bonchev–Trinajstić information content (AvgIpc) is 2.78. The molecule has 0 amide bonds. The number of halogens is 1. The maximum atomic E-state index is 11.2. The number of hydrogen-bond acceptors (Lipinski definition) is 4. The number of nitrogens with zero attached hydrogens (tertiary/aromatic N) is 4. The van der Waals surface area contributed by atoms with Crippen molar-refractivity contribution in [2.45, 2.75) is 26.3 Å². The molecule has 22 heavy (non-hydrogen) atoms. The standard InChI is InChI=1S/C15H19ClN4O2/c1-9-12-13(16)11(15(21)22)7-17-14(12)20(18-9)8-10-3-5-19(2)6-4-10/h7,10H,3-6,8H2,1-2H3,(H,21,22). The van der Waals surface area contributed by atoms with Crippen LogP contribution in [0.2, 0.25) is 5.02 Å². The SMILES string of the molecule is Cc1nn(CC2CCN(C)CC2)c2ncc(C(=O)O)c(Cl)c12. The highest BCUT2D eigenvalue weighted by Gasteiger charge is 2.22. The summed E-state index contributed by atoms with van der Waals surface area (Å²) < 4.78 is 1.87. The molecule has 1 fully saturated rings. The summed E-state index contributed by atoms with van der Waals surface area (Å²) in [5, 5.41) is 14.6. The van der Waals surface area contributed by atoms with Gasteiger partial charge in [0.25, 0.3) is 0 Å². The third-order valence-corrected chi connectivity index (χ3v) is 4.76. The van der Waals surface area contributed by atoms with Crippen LogP contribution >= 0.6 is 11.6 Å². The Balaban J connectivity index is 1.95. The molecule has 0 radical (unpaired) electrons. The summed E-state index contributed by atoms with van der Waals surface area (Å²) in [5.74, 6) is -0.500. The maximum Gasteiger partial charge on any atom is 0.338 e. The molecule has 3 heterocycles. The van der Waals surface area contributed by atoms with Crippen molar-refractivity contribution >= 4 is 28.6 Å². The van der Waals surface area contributed by atoms with Gasteiger partial charge in [0.2, 0.25) is 0 Å². The molecule has 1 aliphatic heterocycles. The minimum Gasteiger partial charge on any atom is -0.478 e.